The number of sulfonamides is 1. The van der Waals surface area contributed by atoms with E-state index in [1.807, 2.05) is 57.2 Å². The van der Waals surface area contributed by atoms with Crippen LogP contribution in [0.1, 0.15) is 31.9 Å². The first-order valence-electron chi connectivity index (χ1n) is 11.1. The van der Waals surface area contributed by atoms with Gasteiger partial charge in [-0.3, -0.25) is 9.29 Å². The van der Waals surface area contributed by atoms with Crippen LogP contribution in [-0.2, 0) is 32.7 Å². The van der Waals surface area contributed by atoms with Crippen molar-refractivity contribution < 1.29 is 12.6 Å². The van der Waals surface area contributed by atoms with Crippen LogP contribution >= 0.6 is 0 Å². The zero-order chi connectivity index (χ0) is 24.9. The summed E-state index contributed by atoms with van der Waals surface area (Å²) in [6.07, 6.45) is 5.52. The van der Waals surface area contributed by atoms with Gasteiger partial charge in [-0.05, 0) is 65.9 Å². The summed E-state index contributed by atoms with van der Waals surface area (Å²) in [6, 6.07) is 15.7. The van der Waals surface area contributed by atoms with Gasteiger partial charge in [-0.25, -0.2) is 17.4 Å². The summed E-state index contributed by atoms with van der Waals surface area (Å²) in [6.45, 7) is 6.70. The molecule has 0 amide bonds. The SMILES string of the molecule is CCc1ccc(N(CC(C)C)S(=O)(=O)c2ccc(NCc3ccncc3)c(S(C)(=N)=O)c2)cc1. The zero-order valence-corrected chi connectivity index (χ0v) is 21.6. The first-order chi connectivity index (χ1) is 16.0. The summed E-state index contributed by atoms with van der Waals surface area (Å²) in [4.78, 5) is 4.17. The highest BCUT2D eigenvalue weighted by Gasteiger charge is 2.27. The Labute approximate surface area is 203 Å². The van der Waals surface area contributed by atoms with Gasteiger partial charge in [0.1, 0.15) is 0 Å². The maximum absolute atomic E-state index is 13.7. The minimum absolute atomic E-state index is 0.0130. The molecule has 0 bridgehead atoms. The topological polar surface area (TPSA) is 103 Å². The zero-order valence-electron chi connectivity index (χ0n) is 20.0. The average molecular weight is 501 g/mol. The van der Waals surface area contributed by atoms with Gasteiger partial charge >= 0.3 is 0 Å². The van der Waals surface area contributed by atoms with Crippen LogP contribution in [0, 0.1) is 10.7 Å². The van der Waals surface area contributed by atoms with Crippen molar-refractivity contribution in [3.63, 3.8) is 0 Å². The minimum atomic E-state index is -3.95. The molecular weight excluding hydrogens is 468 g/mol. The third kappa shape index (κ3) is 6.15. The first-order valence-corrected chi connectivity index (χ1v) is 14.5. The Morgan fingerprint density at radius 3 is 2.18 bits per heavy atom. The van der Waals surface area contributed by atoms with E-state index in [4.69, 9.17) is 4.78 Å². The average Bonchev–Trinajstić information content (AvgIpc) is 2.81. The number of rotatable bonds is 10. The number of hydrogen-bond acceptors (Lipinski definition) is 6. The normalized spacial score (nSPS) is 13.4. The lowest BCUT2D eigenvalue weighted by atomic mass is 10.1. The van der Waals surface area contributed by atoms with E-state index in [1.165, 1.54) is 22.7 Å². The van der Waals surface area contributed by atoms with E-state index >= 15 is 0 Å². The van der Waals surface area contributed by atoms with Crippen LogP contribution in [-0.4, -0.2) is 30.4 Å². The molecule has 7 nitrogen and oxygen atoms in total. The molecule has 0 saturated heterocycles. The maximum Gasteiger partial charge on any atom is 0.264 e. The van der Waals surface area contributed by atoms with Crippen LogP contribution in [0.5, 0.6) is 0 Å². The predicted octanol–water partition coefficient (Wildman–Crippen LogP) is 5.14. The minimum Gasteiger partial charge on any atom is -0.380 e. The molecule has 9 heteroatoms. The van der Waals surface area contributed by atoms with Gasteiger partial charge in [0.25, 0.3) is 10.0 Å². The number of nitrogens with one attached hydrogen (secondary N) is 2. The molecule has 0 spiro atoms. The quantitative estimate of drug-likeness (QED) is 0.401. The summed E-state index contributed by atoms with van der Waals surface area (Å²) in [7, 11) is -7.15. The van der Waals surface area contributed by atoms with Gasteiger partial charge in [0.15, 0.2) is 0 Å². The van der Waals surface area contributed by atoms with Gasteiger partial charge < -0.3 is 5.32 Å². The summed E-state index contributed by atoms with van der Waals surface area (Å²) in [5.41, 5.74) is 3.14. The second kappa shape index (κ2) is 10.6. The highest BCUT2D eigenvalue weighted by molar-refractivity contribution is 7.93. The Morgan fingerprint density at radius 2 is 1.62 bits per heavy atom. The van der Waals surface area contributed by atoms with Crippen molar-refractivity contribution in [1.82, 2.24) is 4.98 Å². The number of anilines is 2. The number of aryl methyl sites for hydroxylation is 1. The van der Waals surface area contributed by atoms with Gasteiger partial charge in [-0.2, -0.15) is 0 Å². The Kier molecular flexibility index (Phi) is 7.99. The van der Waals surface area contributed by atoms with Crippen LogP contribution in [0.15, 0.2) is 76.8 Å². The highest BCUT2D eigenvalue weighted by Crippen LogP contribution is 2.30. The van der Waals surface area contributed by atoms with Crippen LogP contribution in [0.3, 0.4) is 0 Å². The molecule has 0 fully saturated rings. The van der Waals surface area contributed by atoms with Crippen molar-refractivity contribution in [3.05, 3.63) is 78.1 Å². The molecule has 3 rings (SSSR count). The number of nitrogens with zero attached hydrogens (tertiary/aromatic N) is 2. The van der Waals surface area contributed by atoms with Crippen LogP contribution in [0.4, 0.5) is 11.4 Å². The van der Waals surface area contributed by atoms with E-state index in [0.717, 1.165) is 17.5 Å². The van der Waals surface area contributed by atoms with Crippen LogP contribution in [0.25, 0.3) is 0 Å². The summed E-state index contributed by atoms with van der Waals surface area (Å²) < 4.78 is 49.9. The third-order valence-corrected chi connectivity index (χ3v) is 8.32. The Hall–Kier alpha value is -2.91. The maximum atomic E-state index is 13.7. The smallest absolute Gasteiger partial charge is 0.264 e. The fourth-order valence-electron chi connectivity index (χ4n) is 3.53. The van der Waals surface area contributed by atoms with Crippen molar-refractivity contribution in [1.29, 1.82) is 4.78 Å². The highest BCUT2D eigenvalue weighted by atomic mass is 32.2. The van der Waals surface area contributed by atoms with E-state index in [-0.39, 0.29) is 15.7 Å². The van der Waals surface area contributed by atoms with Crippen LogP contribution in [0.2, 0.25) is 0 Å². The third-order valence-electron chi connectivity index (χ3n) is 5.36. The Balaban J connectivity index is 2.02. The summed E-state index contributed by atoms with van der Waals surface area (Å²) in [5, 5.41) is 3.19. The standard InChI is InChI=1S/C25H32N4O3S2/c1-5-20-6-8-22(9-7-20)29(18-19(2)3)34(31,32)23-10-11-24(25(16-23)33(4,26)30)28-17-21-12-14-27-15-13-21/h6-16,19,26,28H,5,17-18H2,1-4H3. The molecule has 1 unspecified atom stereocenters. The molecule has 182 valence electrons. The van der Waals surface area contributed by atoms with Gasteiger partial charge in [0.05, 0.1) is 30.9 Å². The van der Waals surface area contributed by atoms with Crippen molar-refractivity contribution >= 4 is 31.1 Å². The van der Waals surface area contributed by atoms with E-state index in [0.29, 0.717) is 24.5 Å². The monoisotopic (exact) mass is 500 g/mol. The van der Waals surface area contributed by atoms with Gasteiger partial charge in [0, 0.05) is 31.7 Å². The second-order valence-electron chi connectivity index (χ2n) is 8.66. The van der Waals surface area contributed by atoms with Crippen LogP contribution < -0.4 is 9.62 Å². The molecule has 0 aliphatic rings. The molecule has 0 aliphatic carbocycles. The van der Waals surface area contributed by atoms with Crippen molar-refractivity contribution in [2.45, 2.75) is 43.5 Å². The lowest BCUT2D eigenvalue weighted by Gasteiger charge is -2.27. The Bertz CT molecular complexity index is 1320. The molecule has 34 heavy (non-hydrogen) atoms. The molecule has 1 heterocycles. The molecular formula is C25H32N4O3S2. The van der Waals surface area contributed by atoms with Gasteiger partial charge in [-0.1, -0.05) is 32.9 Å². The van der Waals surface area contributed by atoms with Gasteiger partial charge in [-0.15, -0.1) is 0 Å². The summed E-state index contributed by atoms with van der Waals surface area (Å²) >= 11 is 0. The molecule has 1 aromatic heterocycles. The fraction of sp³-hybridized carbons (Fsp3) is 0.320. The number of benzene rings is 2. The van der Waals surface area contributed by atoms with E-state index in [2.05, 4.69) is 10.3 Å². The first kappa shape index (κ1) is 25.7. The molecule has 0 radical (unpaired) electrons. The number of aromatic nitrogens is 1. The molecule has 0 saturated carbocycles. The van der Waals surface area contributed by atoms with E-state index < -0.39 is 19.8 Å². The van der Waals surface area contributed by atoms with Crippen molar-refractivity contribution in [3.8, 4) is 0 Å². The Morgan fingerprint density at radius 1 is 0.971 bits per heavy atom. The number of pyridine rings is 1. The fourth-order valence-corrected chi connectivity index (χ4v) is 6.17. The second-order valence-corrected chi connectivity index (χ2v) is 12.7. The molecule has 2 aromatic carbocycles. The lowest BCUT2D eigenvalue weighted by Crippen LogP contribution is -2.34. The van der Waals surface area contributed by atoms with E-state index in [9.17, 15) is 12.6 Å². The van der Waals surface area contributed by atoms with E-state index in [1.54, 1.807) is 18.5 Å². The largest absolute Gasteiger partial charge is 0.380 e. The van der Waals surface area contributed by atoms with Crippen molar-refractivity contribution in [2.75, 3.05) is 22.4 Å². The lowest BCUT2D eigenvalue weighted by molar-refractivity contribution is 0.577. The molecule has 3 aromatic rings. The number of hydrogen-bond donors (Lipinski definition) is 2. The molecule has 1 atom stereocenters. The van der Waals surface area contributed by atoms with Gasteiger partial charge in [0.2, 0.25) is 0 Å². The molecule has 2 N–H and O–H groups in total. The van der Waals surface area contributed by atoms with Crippen molar-refractivity contribution in [2.24, 2.45) is 5.92 Å². The molecule has 0 aliphatic heterocycles. The predicted molar refractivity (Wildman–Crippen MR) is 138 cm³/mol. The summed E-state index contributed by atoms with van der Waals surface area (Å²) in [5.74, 6) is 0.0907.